The summed E-state index contributed by atoms with van der Waals surface area (Å²) in [7, 11) is 6.82. The summed E-state index contributed by atoms with van der Waals surface area (Å²) < 4.78 is 6.54. The summed E-state index contributed by atoms with van der Waals surface area (Å²) in [5, 5.41) is 9.72. The minimum Gasteiger partial charge on any atom is -0.494 e. The van der Waals surface area contributed by atoms with E-state index >= 15 is 0 Å². The highest BCUT2D eigenvalue weighted by Gasteiger charge is 2.25. The quantitative estimate of drug-likeness (QED) is 0.400. The van der Waals surface area contributed by atoms with Gasteiger partial charge >= 0.3 is 0 Å². The van der Waals surface area contributed by atoms with Crippen molar-refractivity contribution < 1.29 is 14.3 Å². The molecule has 2 heterocycles. The molecule has 0 radical (unpaired) electrons. The molecule has 12 heteroatoms. The second-order valence-corrected chi connectivity index (χ2v) is 9.33. The molecule has 3 aromatic rings. The van der Waals surface area contributed by atoms with Gasteiger partial charge in [-0.2, -0.15) is 5.10 Å². The van der Waals surface area contributed by atoms with Crippen LogP contribution in [-0.4, -0.2) is 71.8 Å². The first-order valence-corrected chi connectivity index (χ1v) is 12.1. The first-order chi connectivity index (χ1) is 17.6. The lowest BCUT2D eigenvalue weighted by Gasteiger charge is -2.20. The standard InChI is InChI=1S/C25H28Cl2N6O4/c1-32(2)10-9-29-23(34)19(31-24(35)22-17(26)12-28-13-18(22)27)11-15-5-7-16(8-6-15)21-20(37-4)14-30-33(3)25(21)36/h5-8,12-14,19H,9-11H2,1-4H3,(H,29,34)(H,31,35)/t19-/m0/s1. The molecular formula is C25H28Cl2N6O4. The van der Waals surface area contributed by atoms with Crippen LogP contribution in [0.1, 0.15) is 15.9 Å². The van der Waals surface area contributed by atoms with E-state index < -0.39 is 11.9 Å². The van der Waals surface area contributed by atoms with Crippen LogP contribution in [0.3, 0.4) is 0 Å². The summed E-state index contributed by atoms with van der Waals surface area (Å²) in [6.45, 7) is 1.03. The molecule has 0 aliphatic rings. The lowest BCUT2D eigenvalue weighted by Crippen LogP contribution is -2.49. The summed E-state index contributed by atoms with van der Waals surface area (Å²) >= 11 is 12.3. The fourth-order valence-corrected chi connectivity index (χ4v) is 4.12. The Morgan fingerprint density at radius 2 is 1.76 bits per heavy atom. The molecule has 0 saturated heterocycles. The minimum absolute atomic E-state index is 0.0420. The highest BCUT2D eigenvalue weighted by molar-refractivity contribution is 6.39. The summed E-state index contributed by atoms with van der Waals surface area (Å²) in [6, 6.07) is 6.17. The van der Waals surface area contributed by atoms with E-state index in [2.05, 4.69) is 20.7 Å². The number of benzene rings is 1. The van der Waals surface area contributed by atoms with Gasteiger partial charge in [-0.3, -0.25) is 19.4 Å². The number of hydrogen-bond donors (Lipinski definition) is 2. The molecule has 1 atom stereocenters. The number of aromatic nitrogens is 3. The Kier molecular flexibility index (Phi) is 9.62. The summed E-state index contributed by atoms with van der Waals surface area (Å²) in [5.41, 5.74) is 1.51. The smallest absolute Gasteiger partial charge is 0.278 e. The van der Waals surface area contributed by atoms with Crippen LogP contribution in [0.5, 0.6) is 5.75 Å². The van der Waals surface area contributed by atoms with E-state index in [0.29, 0.717) is 30.0 Å². The molecule has 37 heavy (non-hydrogen) atoms. The van der Waals surface area contributed by atoms with Crippen LogP contribution in [0.4, 0.5) is 0 Å². The molecule has 2 amide bonds. The summed E-state index contributed by atoms with van der Waals surface area (Å²) in [4.78, 5) is 44.5. The molecule has 10 nitrogen and oxygen atoms in total. The molecule has 0 unspecified atom stereocenters. The Morgan fingerprint density at radius 1 is 1.11 bits per heavy atom. The monoisotopic (exact) mass is 546 g/mol. The van der Waals surface area contributed by atoms with Gasteiger partial charge in [-0.05, 0) is 25.2 Å². The Hall–Kier alpha value is -3.47. The number of amides is 2. The van der Waals surface area contributed by atoms with E-state index in [4.69, 9.17) is 27.9 Å². The van der Waals surface area contributed by atoms with Crippen LogP contribution in [0.25, 0.3) is 11.1 Å². The average Bonchev–Trinajstić information content (AvgIpc) is 2.85. The second-order valence-electron chi connectivity index (χ2n) is 8.52. The maximum atomic E-state index is 13.0. The van der Waals surface area contributed by atoms with Crippen molar-refractivity contribution in [2.45, 2.75) is 12.5 Å². The Balaban J connectivity index is 1.86. The van der Waals surface area contributed by atoms with Crippen molar-refractivity contribution in [2.24, 2.45) is 7.05 Å². The molecule has 2 N–H and O–H groups in total. The molecule has 0 fully saturated rings. The third-order valence-corrected chi connectivity index (χ3v) is 6.14. The zero-order chi connectivity index (χ0) is 27.1. The van der Waals surface area contributed by atoms with Gasteiger partial charge in [0.05, 0.1) is 34.5 Å². The maximum absolute atomic E-state index is 13.0. The highest BCUT2D eigenvalue weighted by Crippen LogP contribution is 2.26. The molecule has 0 bridgehead atoms. The number of pyridine rings is 1. The van der Waals surface area contributed by atoms with Gasteiger partial charge in [0.2, 0.25) is 5.91 Å². The molecule has 3 rings (SSSR count). The third kappa shape index (κ3) is 7.06. The van der Waals surface area contributed by atoms with Crippen LogP contribution in [0, 0.1) is 0 Å². The lowest BCUT2D eigenvalue weighted by atomic mass is 10.0. The highest BCUT2D eigenvalue weighted by atomic mass is 35.5. The van der Waals surface area contributed by atoms with Crippen LogP contribution >= 0.6 is 23.2 Å². The van der Waals surface area contributed by atoms with E-state index in [0.717, 1.165) is 5.56 Å². The Bertz CT molecular complexity index is 1310. The van der Waals surface area contributed by atoms with Crippen molar-refractivity contribution in [3.05, 3.63) is 74.4 Å². The van der Waals surface area contributed by atoms with Crippen molar-refractivity contribution >= 4 is 35.0 Å². The van der Waals surface area contributed by atoms with Crippen molar-refractivity contribution in [2.75, 3.05) is 34.3 Å². The van der Waals surface area contributed by atoms with Gasteiger partial charge in [0, 0.05) is 39.0 Å². The topological polar surface area (TPSA) is 118 Å². The maximum Gasteiger partial charge on any atom is 0.278 e. The SMILES string of the molecule is COc1cnn(C)c(=O)c1-c1ccc(C[C@H](NC(=O)c2c(Cl)cncc2Cl)C(=O)NCCN(C)C)cc1. The van der Waals surface area contributed by atoms with Crippen LogP contribution in [0.15, 0.2) is 47.7 Å². The number of halogens is 2. The van der Waals surface area contributed by atoms with E-state index in [1.54, 1.807) is 31.3 Å². The second kappa shape index (κ2) is 12.7. The molecule has 2 aromatic heterocycles. The Labute approximate surface area is 224 Å². The molecular weight excluding hydrogens is 519 g/mol. The lowest BCUT2D eigenvalue weighted by molar-refractivity contribution is -0.123. The Morgan fingerprint density at radius 3 is 2.35 bits per heavy atom. The number of likely N-dealkylation sites (N-methyl/N-ethyl adjacent to an activating group) is 1. The fraction of sp³-hybridized carbons (Fsp3) is 0.320. The molecule has 0 spiro atoms. The van der Waals surface area contributed by atoms with Gasteiger partial charge in [-0.25, -0.2) is 4.68 Å². The molecule has 196 valence electrons. The first kappa shape index (κ1) is 28.1. The normalized spacial score (nSPS) is 11.8. The molecule has 0 saturated carbocycles. The van der Waals surface area contributed by atoms with Crippen LogP contribution in [-0.2, 0) is 18.3 Å². The summed E-state index contributed by atoms with van der Waals surface area (Å²) in [6.07, 6.45) is 4.28. The number of hydrogen-bond acceptors (Lipinski definition) is 7. The largest absolute Gasteiger partial charge is 0.494 e. The first-order valence-electron chi connectivity index (χ1n) is 11.3. The predicted octanol–water partition coefficient (Wildman–Crippen LogP) is 2.18. The van der Waals surface area contributed by atoms with Gasteiger partial charge in [0.25, 0.3) is 11.5 Å². The van der Waals surface area contributed by atoms with Gasteiger partial charge in [-0.15, -0.1) is 0 Å². The van der Waals surface area contributed by atoms with Gasteiger partial charge in [0.1, 0.15) is 6.04 Å². The van der Waals surface area contributed by atoms with Gasteiger partial charge < -0.3 is 20.3 Å². The molecule has 1 aromatic carbocycles. The van der Waals surface area contributed by atoms with E-state index in [1.165, 1.54) is 30.4 Å². The van der Waals surface area contributed by atoms with E-state index in [-0.39, 0.29) is 33.5 Å². The van der Waals surface area contributed by atoms with Gasteiger partial charge in [-0.1, -0.05) is 47.5 Å². The number of aryl methyl sites for hydroxylation is 1. The van der Waals surface area contributed by atoms with Crippen molar-refractivity contribution in [1.82, 2.24) is 30.3 Å². The minimum atomic E-state index is -0.913. The zero-order valence-electron chi connectivity index (χ0n) is 20.9. The number of nitrogens with zero attached hydrogens (tertiary/aromatic N) is 4. The number of carbonyl (C=O) groups excluding carboxylic acids is 2. The molecule has 0 aliphatic heterocycles. The van der Waals surface area contributed by atoms with Crippen LogP contribution < -0.4 is 20.9 Å². The van der Waals surface area contributed by atoms with Crippen molar-refractivity contribution in [1.29, 1.82) is 0 Å². The number of ether oxygens (including phenoxy) is 1. The third-order valence-electron chi connectivity index (χ3n) is 5.57. The van der Waals surface area contributed by atoms with Crippen LogP contribution in [0.2, 0.25) is 10.0 Å². The van der Waals surface area contributed by atoms with Crippen molar-refractivity contribution in [3.63, 3.8) is 0 Å². The summed E-state index contributed by atoms with van der Waals surface area (Å²) in [5.74, 6) is -0.593. The van der Waals surface area contributed by atoms with Gasteiger partial charge in [0.15, 0.2) is 5.75 Å². The van der Waals surface area contributed by atoms with Crippen molar-refractivity contribution in [3.8, 4) is 16.9 Å². The number of rotatable bonds is 10. The molecule has 0 aliphatic carbocycles. The number of carbonyl (C=O) groups is 2. The zero-order valence-corrected chi connectivity index (χ0v) is 22.4. The fourth-order valence-electron chi connectivity index (χ4n) is 3.58. The number of nitrogens with one attached hydrogen (secondary N) is 2. The van der Waals surface area contributed by atoms with E-state index in [1.807, 2.05) is 19.0 Å². The number of methoxy groups -OCH3 is 1. The average molecular weight is 547 g/mol. The van der Waals surface area contributed by atoms with E-state index in [9.17, 15) is 14.4 Å². The predicted molar refractivity (Wildman–Crippen MR) is 142 cm³/mol.